The second-order valence-corrected chi connectivity index (χ2v) is 5.31. The molecule has 0 saturated carbocycles. The van der Waals surface area contributed by atoms with E-state index in [0.29, 0.717) is 24.9 Å². The summed E-state index contributed by atoms with van der Waals surface area (Å²) in [6, 6.07) is -0.999. The van der Waals surface area contributed by atoms with E-state index in [1.807, 2.05) is 0 Å². The molecule has 3 N–H and O–H groups in total. The third kappa shape index (κ3) is 8.96. The molecule has 1 atom stereocenters. The van der Waals surface area contributed by atoms with Gasteiger partial charge < -0.3 is 20.5 Å². The third-order valence-electron chi connectivity index (χ3n) is 2.21. The first-order valence-electron chi connectivity index (χ1n) is 6.21. The molecule has 0 bridgehead atoms. The molecule has 20 heavy (non-hydrogen) atoms. The number of alkyl carbamates (subject to hydrolysis) is 1. The fraction of sp³-hybridized carbons (Fsp3) is 0.615. The molecule has 7 heteroatoms. The van der Waals surface area contributed by atoms with E-state index in [1.54, 1.807) is 20.8 Å². The Morgan fingerprint density at radius 3 is 2.45 bits per heavy atom. The van der Waals surface area contributed by atoms with Gasteiger partial charge >= 0.3 is 12.1 Å². The Hall–Kier alpha value is -2.05. The Labute approximate surface area is 118 Å². The molecule has 0 aromatic rings. The standard InChI is InChI=1S/C13H22N2O5/c1-9(7-10(11(17)18)15-8-16)5-6-14-12(19)20-13(2,3)4/h8,10H,1,5-7H2,2-4H3,(H,14,19)(H,15,16)(H,17,18). The number of carbonyl (C=O) groups excluding carboxylic acids is 2. The zero-order chi connectivity index (χ0) is 15.8. The minimum absolute atomic E-state index is 0.115. The van der Waals surface area contributed by atoms with Gasteiger partial charge in [0.05, 0.1) is 0 Å². The van der Waals surface area contributed by atoms with Gasteiger partial charge in [-0.15, -0.1) is 0 Å². The Balaban J connectivity index is 4.02. The Morgan fingerprint density at radius 2 is 2.00 bits per heavy atom. The molecule has 7 nitrogen and oxygen atoms in total. The summed E-state index contributed by atoms with van der Waals surface area (Å²) >= 11 is 0. The molecule has 0 saturated heterocycles. The SMILES string of the molecule is C=C(CCNC(=O)OC(C)(C)C)CC(NC=O)C(=O)O. The van der Waals surface area contributed by atoms with E-state index in [9.17, 15) is 14.4 Å². The highest BCUT2D eigenvalue weighted by Crippen LogP contribution is 2.09. The van der Waals surface area contributed by atoms with Gasteiger partial charge in [0.15, 0.2) is 0 Å². The first kappa shape index (κ1) is 17.9. The Kier molecular flexibility index (Phi) is 7.35. The maximum atomic E-state index is 11.4. The average molecular weight is 286 g/mol. The monoisotopic (exact) mass is 286 g/mol. The first-order valence-corrected chi connectivity index (χ1v) is 6.21. The Bertz CT molecular complexity index is 373. The maximum Gasteiger partial charge on any atom is 0.407 e. The van der Waals surface area contributed by atoms with Crippen molar-refractivity contribution in [2.75, 3.05) is 6.54 Å². The van der Waals surface area contributed by atoms with Crippen molar-refractivity contribution in [3.8, 4) is 0 Å². The summed E-state index contributed by atoms with van der Waals surface area (Å²) in [5.41, 5.74) is 0.0476. The lowest BCUT2D eigenvalue weighted by Gasteiger charge is -2.20. The number of nitrogens with one attached hydrogen (secondary N) is 2. The topological polar surface area (TPSA) is 105 Å². The van der Waals surface area contributed by atoms with Crippen LogP contribution in [0.3, 0.4) is 0 Å². The van der Waals surface area contributed by atoms with Gasteiger partial charge in [-0.2, -0.15) is 0 Å². The Morgan fingerprint density at radius 1 is 1.40 bits per heavy atom. The second-order valence-electron chi connectivity index (χ2n) is 5.31. The zero-order valence-corrected chi connectivity index (χ0v) is 12.1. The minimum Gasteiger partial charge on any atom is -0.480 e. The molecule has 0 rings (SSSR count). The summed E-state index contributed by atoms with van der Waals surface area (Å²) in [6.45, 7) is 9.29. The summed E-state index contributed by atoms with van der Waals surface area (Å²) in [6.07, 6.45) is 0.324. The van der Waals surface area contributed by atoms with Crippen LogP contribution in [0.4, 0.5) is 4.79 Å². The summed E-state index contributed by atoms with van der Waals surface area (Å²) < 4.78 is 5.04. The van der Waals surface area contributed by atoms with Crippen LogP contribution in [0.15, 0.2) is 12.2 Å². The summed E-state index contributed by atoms with van der Waals surface area (Å²) in [5, 5.41) is 13.6. The second kappa shape index (κ2) is 8.19. The highest BCUT2D eigenvalue weighted by molar-refractivity contribution is 5.76. The predicted molar refractivity (Wildman–Crippen MR) is 73.2 cm³/mol. The van der Waals surface area contributed by atoms with Gasteiger partial charge in [0.25, 0.3) is 0 Å². The molecule has 0 fully saturated rings. The molecule has 114 valence electrons. The van der Waals surface area contributed by atoms with Crippen LogP contribution >= 0.6 is 0 Å². The van der Waals surface area contributed by atoms with Crippen LogP contribution in [-0.4, -0.2) is 41.8 Å². The largest absolute Gasteiger partial charge is 0.480 e. The van der Waals surface area contributed by atoms with Crippen molar-refractivity contribution in [3.05, 3.63) is 12.2 Å². The molecule has 2 amide bonds. The molecule has 0 aliphatic carbocycles. The quantitative estimate of drug-likeness (QED) is 0.457. The fourth-order valence-corrected chi connectivity index (χ4v) is 1.35. The van der Waals surface area contributed by atoms with Gasteiger partial charge in [-0.05, 0) is 33.6 Å². The van der Waals surface area contributed by atoms with Crippen LogP contribution in [0.25, 0.3) is 0 Å². The van der Waals surface area contributed by atoms with Crippen LogP contribution in [0, 0.1) is 0 Å². The lowest BCUT2D eigenvalue weighted by atomic mass is 10.1. The normalized spacial score (nSPS) is 12.2. The van der Waals surface area contributed by atoms with Gasteiger partial charge in [-0.3, -0.25) is 4.79 Å². The maximum absolute atomic E-state index is 11.4. The molecule has 0 aliphatic heterocycles. The zero-order valence-electron chi connectivity index (χ0n) is 12.1. The minimum atomic E-state index is -1.13. The highest BCUT2D eigenvalue weighted by atomic mass is 16.6. The summed E-state index contributed by atoms with van der Waals surface area (Å²) in [7, 11) is 0. The first-order chi connectivity index (χ1) is 9.15. The average Bonchev–Trinajstić information content (AvgIpc) is 2.25. The summed E-state index contributed by atoms with van der Waals surface area (Å²) in [5.74, 6) is -1.13. The van der Waals surface area contributed by atoms with Crippen LogP contribution in [-0.2, 0) is 14.3 Å². The summed E-state index contributed by atoms with van der Waals surface area (Å²) in [4.78, 5) is 32.4. The smallest absolute Gasteiger partial charge is 0.407 e. The van der Waals surface area contributed by atoms with Crippen molar-refractivity contribution in [2.24, 2.45) is 0 Å². The molecule has 0 aromatic carbocycles. The van der Waals surface area contributed by atoms with Crippen molar-refractivity contribution < 1.29 is 24.2 Å². The highest BCUT2D eigenvalue weighted by Gasteiger charge is 2.18. The number of amides is 2. The van der Waals surface area contributed by atoms with E-state index in [1.165, 1.54) is 0 Å². The van der Waals surface area contributed by atoms with Crippen LogP contribution < -0.4 is 10.6 Å². The fourth-order valence-electron chi connectivity index (χ4n) is 1.35. The predicted octanol–water partition coefficient (Wildman–Crippen LogP) is 1.05. The molecule has 0 heterocycles. The number of aliphatic carboxylic acids is 1. The van der Waals surface area contributed by atoms with Gasteiger partial charge in [-0.1, -0.05) is 12.2 Å². The number of ether oxygens (including phenoxy) is 1. The number of rotatable bonds is 8. The van der Waals surface area contributed by atoms with Crippen molar-refractivity contribution in [3.63, 3.8) is 0 Å². The van der Waals surface area contributed by atoms with Crippen LogP contribution in [0.2, 0.25) is 0 Å². The molecule has 0 radical (unpaired) electrons. The molecule has 0 spiro atoms. The molecular weight excluding hydrogens is 264 g/mol. The van der Waals surface area contributed by atoms with E-state index in [-0.39, 0.29) is 6.42 Å². The van der Waals surface area contributed by atoms with E-state index in [0.717, 1.165) is 0 Å². The number of carbonyl (C=O) groups is 3. The number of hydrogen-bond acceptors (Lipinski definition) is 4. The van der Waals surface area contributed by atoms with Crippen LogP contribution in [0.1, 0.15) is 33.6 Å². The van der Waals surface area contributed by atoms with Crippen LogP contribution in [0.5, 0.6) is 0 Å². The van der Waals surface area contributed by atoms with Crippen molar-refractivity contribution >= 4 is 18.5 Å². The molecule has 0 aromatic heterocycles. The van der Waals surface area contributed by atoms with Gasteiger partial charge in [-0.25, -0.2) is 9.59 Å². The van der Waals surface area contributed by atoms with E-state index in [2.05, 4.69) is 17.2 Å². The molecule has 0 aliphatic rings. The van der Waals surface area contributed by atoms with Gasteiger partial charge in [0.1, 0.15) is 11.6 Å². The lowest BCUT2D eigenvalue weighted by molar-refractivity contribution is -0.140. The lowest BCUT2D eigenvalue weighted by Crippen LogP contribution is -2.36. The van der Waals surface area contributed by atoms with Gasteiger partial charge in [0.2, 0.25) is 6.41 Å². The van der Waals surface area contributed by atoms with E-state index >= 15 is 0 Å². The van der Waals surface area contributed by atoms with Crippen molar-refractivity contribution in [1.82, 2.24) is 10.6 Å². The third-order valence-corrected chi connectivity index (χ3v) is 2.21. The number of carboxylic acids is 1. The van der Waals surface area contributed by atoms with E-state index < -0.39 is 23.7 Å². The van der Waals surface area contributed by atoms with Gasteiger partial charge in [0, 0.05) is 6.54 Å². The number of carboxylic acid groups (broad SMARTS) is 1. The van der Waals surface area contributed by atoms with Crippen molar-refractivity contribution in [2.45, 2.75) is 45.3 Å². The molecular formula is C13H22N2O5. The molecule has 1 unspecified atom stereocenters. The number of hydrogen-bond donors (Lipinski definition) is 3. The van der Waals surface area contributed by atoms with Crippen molar-refractivity contribution in [1.29, 1.82) is 0 Å². The van der Waals surface area contributed by atoms with E-state index in [4.69, 9.17) is 9.84 Å².